The van der Waals surface area contributed by atoms with Gasteiger partial charge in [-0.1, -0.05) is 0 Å². The van der Waals surface area contributed by atoms with Gasteiger partial charge in [-0.2, -0.15) is 8.78 Å². The fourth-order valence-electron chi connectivity index (χ4n) is 2.98. The van der Waals surface area contributed by atoms with Crippen LogP contribution in [0, 0.1) is 0 Å². The molecule has 1 unspecified atom stereocenters. The maximum absolute atomic E-state index is 12.5. The summed E-state index contributed by atoms with van der Waals surface area (Å²) in [5, 5.41) is 3.04. The molecule has 8 heteroatoms. The first-order valence-electron chi connectivity index (χ1n) is 9.27. The topological polar surface area (TPSA) is 50.8 Å². The zero-order valence-electron chi connectivity index (χ0n) is 15.7. The van der Waals surface area contributed by atoms with Gasteiger partial charge in [-0.15, -0.1) is 11.3 Å². The number of ether oxygens (including phenoxy) is 2. The third kappa shape index (κ3) is 5.98. The smallest absolute Gasteiger partial charge is 0.387 e. The standard InChI is InChI=1S/C20H24F2N2O3S/c1-14(8-9-24-10-12-26-13-11-24)23-19(25)18-7-6-17(28-18)15-2-4-16(5-3-15)27-20(21)22/h2-7,14,20H,8-13H2,1H3,(H,23,25). The third-order valence-electron chi connectivity index (χ3n) is 4.55. The quantitative estimate of drug-likeness (QED) is 0.718. The van der Waals surface area contributed by atoms with Gasteiger partial charge in [0, 0.05) is 30.6 Å². The first kappa shape index (κ1) is 20.7. The number of amides is 1. The lowest BCUT2D eigenvalue weighted by Gasteiger charge is -2.27. The third-order valence-corrected chi connectivity index (χ3v) is 5.69. The molecule has 28 heavy (non-hydrogen) atoms. The fraction of sp³-hybridized carbons (Fsp3) is 0.450. The maximum atomic E-state index is 12.5. The summed E-state index contributed by atoms with van der Waals surface area (Å²) in [6.07, 6.45) is 0.884. The molecule has 152 valence electrons. The van der Waals surface area contributed by atoms with Crippen LogP contribution in [-0.2, 0) is 4.74 Å². The fourth-order valence-corrected chi connectivity index (χ4v) is 3.90. The molecule has 1 aliphatic heterocycles. The van der Waals surface area contributed by atoms with Crippen LogP contribution in [0.4, 0.5) is 8.78 Å². The Morgan fingerprint density at radius 3 is 2.61 bits per heavy atom. The van der Waals surface area contributed by atoms with Crippen LogP contribution in [0.1, 0.15) is 23.0 Å². The molecule has 1 N–H and O–H groups in total. The van der Waals surface area contributed by atoms with Gasteiger partial charge in [-0.25, -0.2) is 0 Å². The minimum atomic E-state index is -2.84. The molecule has 1 saturated heterocycles. The van der Waals surface area contributed by atoms with E-state index in [1.165, 1.54) is 23.5 Å². The molecule has 5 nitrogen and oxygen atoms in total. The summed E-state index contributed by atoms with van der Waals surface area (Å²) in [5.41, 5.74) is 0.853. The van der Waals surface area contributed by atoms with Gasteiger partial charge in [0.15, 0.2) is 0 Å². The van der Waals surface area contributed by atoms with Crippen LogP contribution in [-0.4, -0.2) is 56.3 Å². The number of nitrogens with zero attached hydrogens (tertiary/aromatic N) is 1. The highest BCUT2D eigenvalue weighted by atomic mass is 32.1. The zero-order valence-corrected chi connectivity index (χ0v) is 16.5. The molecular formula is C20H24F2N2O3S. The van der Waals surface area contributed by atoms with Gasteiger partial charge >= 0.3 is 6.61 Å². The molecule has 1 aliphatic rings. The molecule has 1 atom stereocenters. The number of rotatable bonds is 8. The Labute approximate surface area is 167 Å². The SMILES string of the molecule is CC(CCN1CCOCC1)NC(=O)c1ccc(-c2ccc(OC(F)F)cc2)s1. The molecule has 1 fully saturated rings. The maximum Gasteiger partial charge on any atom is 0.387 e. The monoisotopic (exact) mass is 410 g/mol. The number of benzene rings is 1. The van der Waals surface area contributed by atoms with Crippen molar-refractivity contribution in [3.8, 4) is 16.2 Å². The summed E-state index contributed by atoms with van der Waals surface area (Å²) in [6.45, 7) is 3.53. The molecule has 1 aromatic carbocycles. The molecule has 3 rings (SSSR count). The molecule has 0 radical (unpaired) electrons. The van der Waals surface area contributed by atoms with Crippen molar-refractivity contribution < 1.29 is 23.0 Å². The lowest BCUT2D eigenvalue weighted by Crippen LogP contribution is -2.40. The molecule has 0 aliphatic carbocycles. The van der Waals surface area contributed by atoms with Crippen molar-refractivity contribution in [1.29, 1.82) is 0 Å². The minimum absolute atomic E-state index is 0.0756. The molecular weight excluding hydrogens is 386 g/mol. The summed E-state index contributed by atoms with van der Waals surface area (Å²) >= 11 is 1.37. The summed E-state index contributed by atoms with van der Waals surface area (Å²) in [5.74, 6) is 0.0192. The molecule has 1 aromatic heterocycles. The van der Waals surface area contributed by atoms with E-state index in [0.29, 0.717) is 4.88 Å². The number of thiophene rings is 1. The van der Waals surface area contributed by atoms with Gasteiger partial charge in [-0.05, 0) is 55.3 Å². The van der Waals surface area contributed by atoms with Crippen LogP contribution >= 0.6 is 11.3 Å². The van der Waals surface area contributed by atoms with Gasteiger partial charge in [-0.3, -0.25) is 9.69 Å². The molecule has 0 bridgehead atoms. The summed E-state index contributed by atoms with van der Waals surface area (Å²) in [4.78, 5) is 16.4. The van der Waals surface area contributed by atoms with Gasteiger partial charge < -0.3 is 14.8 Å². The molecule has 1 amide bonds. The Hall–Kier alpha value is -2.03. The number of halogens is 2. The van der Waals surface area contributed by atoms with Crippen molar-refractivity contribution in [2.45, 2.75) is 26.0 Å². The number of nitrogens with one attached hydrogen (secondary N) is 1. The summed E-state index contributed by atoms with van der Waals surface area (Å²) in [7, 11) is 0. The van der Waals surface area contributed by atoms with Crippen molar-refractivity contribution in [1.82, 2.24) is 10.2 Å². The lowest BCUT2D eigenvalue weighted by molar-refractivity contribution is -0.0498. The second kappa shape index (κ2) is 9.95. The first-order chi connectivity index (χ1) is 13.5. The average molecular weight is 410 g/mol. The van der Waals surface area contributed by atoms with E-state index >= 15 is 0 Å². The predicted octanol–water partition coefficient (Wildman–Crippen LogP) is 3.86. The van der Waals surface area contributed by atoms with E-state index < -0.39 is 6.61 Å². The molecule has 2 heterocycles. The second-order valence-electron chi connectivity index (χ2n) is 6.68. The Bertz CT molecular complexity index is 761. The molecule has 0 saturated carbocycles. The van der Waals surface area contributed by atoms with E-state index in [4.69, 9.17) is 4.74 Å². The van der Waals surface area contributed by atoms with E-state index in [-0.39, 0.29) is 17.7 Å². The lowest BCUT2D eigenvalue weighted by atomic mass is 10.2. The van der Waals surface area contributed by atoms with Crippen LogP contribution in [0.15, 0.2) is 36.4 Å². The van der Waals surface area contributed by atoms with E-state index in [1.54, 1.807) is 18.2 Å². The van der Waals surface area contributed by atoms with Crippen LogP contribution in [0.5, 0.6) is 5.75 Å². The average Bonchev–Trinajstić information content (AvgIpc) is 3.18. The Balaban J connectivity index is 1.51. The Kier molecular flexibility index (Phi) is 7.36. The number of morpholine rings is 1. The van der Waals surface area contributed by atoms with E-state index in [0.717, 1.165) is 49.7 Å². The van der Waals surface area contributed by atoms with Gasteiger partial charge in [0.25, 0.3) is 5.91 Å². The zero-order chi connectivity index (χ0) is 19.9. The first-order valence-corrected chi connectivity index (χ1v) is 10.1. The van der Waals surface area contributed by atoms with Crippen molar-refractivity contribution in [3.05, 3.63) is 41.3 Å². The van der Waals surface area contributed by atoms with Crippen LogP contribution in [0.3, 0.4) is 0 Å². The van der Waals surface area contributed by atoms with Crippen molar-refractivity contribution in [2.75, 3.05) is 32.8 Å². The predicted molar refractivity (Wildman–Crippen MR) is 105 cm³/mol. The van der Waals surface area contributed by atoms with Crippen LogP contribution in [0.2, 0.25) is 0 Å². The van der Waals surface area contributed by atoms with Gasteiger partial charge in [0.05, 0.1) is 18.1 Å². The number of alkyl halides is 2. The Morgan fingerprint density at radius 2 is 1.93 bits per heavy atom. The van der Waals surface area contributed by atoms with Crippen molar-refractivity contribution in [3.63, 3.8) is 0 Å². The number of hydrogen-bond donors (Lipinski definition) is 1. The van der Waals surface area contributed by atoms with Crippen LogP contribution in [0.25, 0.3) is 10.4 Å². The van der Waals surface area contributed by atoms with Gasteiger partial charge in [0.2, 0.25) is 0 Å². The normalized spacial score (nSPS) is 16.1. The van der Waals surface area contributed by atoms with Crippen molar-refractivity contribution in [2.24, 2.45) is 0 Å². The second-order valence-corrected chi connectivity index (χ2v) is 7.77. The Morgan fingerprint density at radius 1 is 1.21 bits per heavy atom. The number of hydrogen-bond acceptors (Lipinski definition) is 5. The minimum Gasteiger partial charge on any atom is -0.435 e. The van der Waals surface area contributed by atoms with E-state index in [9.17, 15) is 13.6 Å². The van der Waals surface area contributed by atoms with E-state index in [2.05, 4.69) is 15.0 Å². The largest absolute Gasteiger partial charge is 0.435 e. The molecule has 2 aromatic rings. The highest BCUT2D eigenvalue weighted by Gasteiger charge is 2.15. The highest BCUT2D eigenvalue weighted by Crippen LogP contribution is 2.29. The number of carbonyl (C=O) groups is 1. The summed E-state index contributed by atoms with van der Waals surface area (Å²) in [6, 6.07) is 10.1. The highest BCUT2D eigenvalue weighted by molar-refractivity contribution is 7.17. The van der Waals surface area contributed by atoms with Gasteiger partial charge in [0.1, 0.15) is 5.75 Å². The molecule has 0 spiro atoms. The van der Waals surface area contributed by atoms with Crippen LogP contribution < -0.4 is 10.1 Å². The number of carbonyl (C=O) groups excluding carboxylic acids is 1. The summed E-state index contributed by atoms with van der Waals surface area (Å²) < 4.78 is 34.2. The van der Waals surface area contributed by atoms with Crippen molar-refractivity contribution >= 4 is 17.2 Å². The van der Waals surface area contributed by atoms with E-state index in [1.807, 2.05) is 13.0 Å².